The fourth-order valence-corrected chi connectivity index (χ4v) is 5.22. The van der Waals surface area contributed by atoms with Crippen LogP contribution in [0.3, 0.4) is 0 Å². The first kappa shape index (κ1) is 29.4. The summed E-state index contributed by atoms with van der Waals surface area (Å²) in [4.78, 5) is 32.2. The van der Waals surface area contributed by atoms with Gasteiger partial charge in [-0.1, -0.05) is 103 Å². The van der Waals surface area contributed by atoms with Crippen LogP contribution in [-0.4, -0.2) is 34.8 Å². The minimum absolute atomic E-state index is 0.0369. The van der Waals surface area contributed by atoms with Crippen LogP contribution in [0.1, 0.15) is 81.4 Å². The lowest BCUT2D eigenvalue weighted by Gasteiger charge is -2.30. The minimum atomic E-state index is -0.218. The number of urea groups is 1. The molecule has 0 fully saturated rings. The molecule has 3 amide bonds. The van der Waals surface area contributed by atoms with Crippen molar-refractivity contribution in [2.45, 2.75) is 72.9 Å². The molecule has 0 radical (unpaired) electrons. The van der Waals surface area contributed by atoms with E-state index in [2.05, 4.69) is 71.1 Å². The zero-order valence-corrected chi connectivity index (χ0v) is 24.6. The van der Waals surface area contributed by atoms with E-state index in [1.165, 1.54) is 0 Å². The maximum atomic E-state index is 13.8. The molecule has 0 aliphatic heterocycles. The molecule has 1 unspecified atom stereocenters. The summed E-state index contributed by atoms with van der Waals surface area (Å²) in [6.45, 7) is 14.4. The van der Waals surface area contributed by atoms with Crippen LogP contribution in [0.4, 0.5) is 10.5 Å². The SMILES string of the molecule is CCC(C)CN(CC(=O)N(Cc1ccccc1)Cc1cccs1)C(=O)Nc1c(C(C)C)cccc1C(C)C. The highest BCUT2D eigenvalue weighted by molar-refractivity contribution is 7.09. The maximum absolute atomic E-state index is 13.8. The van der Waals surface area contributed by atoms with E-state index in [-0.39, 0.29) is 36.2 Å². The van der Waals surface area contributed by atoms with E-state index >= 15 is 0 Å². The van der Waals surface area contributed by atoms with Gasteiger partial charge in [0.2, 0.25) is 5.91 Å². The van der Waals surface area contributed by atoms with Gasteiger partial charge in [-0.3, -0.25) is 4.79 Å². The number of rotatable bonds is 12. The van der Waals surface area contributed by atoms with E-state index in [0.29, 0.717) is 19.6 Å². The Hall–Kier alpha value is -3.12. The summed E-state index contributed by atoms with van der Waals surface area (Å²) in [5.74, 6) is 0.752. The van der Waals surface area contributed by atoms with Crippen molar-refractivity contribution < 1.29 is 9.59 Å². The van der Waals surface area contributed by atoms with Crippen molar-refractivity contribution >= 4 is 29.0 Å². The average Bonchev–Trinajstić information content (AvgIpc) is 3.41. The van der Waals surface area contributed by atoms with E-state index in [4.69, 9.17) is 0 Å². The second-order valence-corrected chi connectivity index (χ2v) is 11.8. The Bertz CT molecular complexity index is 1130. The van der Waals surface area contributed by atoms with Crippen LogP contribution in [0.15, 0.2) is 66.0 Å². The monoisotopic (exact) mass is 533 g/mol. The molecule has 3 aromatic rings. The molecule has 1 heterocycles. The molecule has 5 nitrogen and oxygen atoms in total. The number of benzene rings is 2. The third kappa shape index (κ3) is 8.19. The van der Waals surface area contributed by atoms with Crippen molar-refractivity contribution in [3.05, 3.63) is 87.6 Å². The Morgan fingerprint density at radius 3 is 2.03 bits per heavy atom. The summed E-state index contributed by atoms with van der Waals surface area (Å²) in [5, 5.41) is 5.26. The van der Waals surface area contributed by atoms with E-state index in [0.717, 1.165) is 33.7 Å². The zero-order chi connectivity index (χ0) is 27.7. The molecule has 2 aromatic carbocycles. The van der Waals surface area contributed by atoms with Crippen molar-refractivity contribution in [1.29, 1.82) is 0 Å². The van der Waals surface area contributed by atoms with E-state index < -0.39 is 0 Å². The largest absolute Gasteiger partial charge is 0.332 e. The number of hydrogen-bond acceptors (Lipinski definition) is 3. The molecule has 204 valence electrons. The summed E-state index contributed by atoms with van der Waals surface area (Å²) in [6.07, 6.45) is 0.931. The van der Waals surface area contributed by atoms with Crippen LogP contribution in [0.2, 0.25) is 0 Å². The highest BCUT2D eigenvalue weighted by Crippen LogP contribution is 2.32. The number of nitrogens with zero attached hydrogens (tertiary/aromatic N) is 2. The van der Waals surface area contributed by atoms with Crippen molar-refractivity contribution in [3.63, 3.8) is 0 Å². The molecular weight excluding hydrogens is 490 g/mol. The Balaban J connectivity index is 1.87. The number of carbonyl (C=O) groups is 2. The van der Waals surface area contributed by atoms with Crippen molar-refractivity contribution in [3.8, 4) is 0 Å². The minimum Gasteiger partial charge on any atom is -0.332 e. The standard InChI is InChI=1S/C32H43N3O2S/c1-7-25(6)19-35(32(37)33-31-28(23(2)3)16-11-17-29(31)24(4)5)22-30(36)34(21-27-15-12-18-38-27)20-26-13-9-8-10-14-26/h8-18,23-25H,7,19-22H2,1-6H3,(H,33,37). The quantitative estimate of drug-likeness (QED) is 0.256. The molecule has 6 heteroatoms. The van der Waals surface area contributed by atoms with Crippen LogP contribution < -0.4 is 5.32 Å². The molecule has 0 spiro atoms. The van der Waals surface area contributed by atoms with Crippen molar-refractivity contribution in [2.75, 3.05) is 18.4 Å². The van der Waals surface area contributed by atoms with Crippen LogP contribution in [-0.2, 0) is 17.9 Å². The van der Waals surface area contributed by atoms with Gasteiger partial charge in [0.05, 0.1) is 6.54 Å². The molecule has 1 atom stereocenters. The van der Waals surface area contributed by atoms with Gasteiger partial charge in [0.25, 0.3) is 0 Å². The number of nitrogens with one attached hydrogen (secondary N) is 1. The molecule has 0 saturated heterocycles. The molecule has 38 heavy (non-hydrogen) atoms. The lowest BCUT2D eigenvalue weighted by molar-refractivity contribution is -0.133. The summed E-state index contributed by atoms with van der Waals surface area (Å²) in [5.41, 5.74) is 4.18. The van der Waals surface area contributed by atoms with Crippen LogP contribution >= 0.6 is 11.3 Å². The zero-order valence-electron chi connectivity index (χ0n) is 23.7. The Kier molecular flexibility index (Phi) is 11.0. The number of amides is 3. The normalized spacial score (nSPS) is 12.0. The molecule has 0 saturated carbocycles. The molecule has 0 aliphatic rings. The Morgan fingerprint density at radius 1 is 0.816 bits per heavy atom. The number of hydrogen-bond donors (Lipinski definition) is 1. The first-order valence-electron chi connectivity index (χ1n) is 13.7. The fraction of sp³-hybridized carbons (Fsp3) is 0.438. The number of carbonyl (C=O) groups excluding carboxylic acids is 2. The number of anilines is 1. The Morgan fingerprint density at radius 2 is 1.47 bits per heavy atom. The Labute approximate surface area is 232 Å². The van der Waals surface area contributed by atoms with Crippen LogP contribution in [0.5, 0.6) is 0 Å². The molecule has 0 aliphatic carbocycles. The predicted octanol–water partition coefficient (Wildman–Crippen LogP) is 8.10. The van der Waals surface area contributed by atoms with Gasteiger partial charge in [0.15, 0.2) is 0 Å². The van der Waals surface area contributed by atoms with E-state index in [1.807, 2.05) is 46.7 Å². The molecular formula is C32H43N3O2S. The van der Waals surface area contributed by atoms with Gasteiger partial charge in [-0.05, 0) is 45.9 Å². The smallest absolute Gasteiger partial charge is 0.322 e. The molecule has 1 aromatic heterocycles. The molecule has 0 bridgehead atoms. The highest BCUT2D eigenvalue weighted by Gasteiger charge is 2.25. The van der Waals surface area contributed by atoms with Gasteiger partial charge < -0.3 is 15.1 Å². The second kappa shape index (κ2) is 14.1. The second-order valence-electron chi connectivity index (χ2n) is 10.8. The third-order valence-electron chi connectivity index (χ3n) is 6.94. The van der Waals surface area contributed by atoms with E-state index in [1.54, 1.807) is 16.2 Å². The molecule has 3 rings (SSSR count). The maximum Gasteiger partial charge on any atom is 0.322 e. The predicted molar refractivity (Wildman–Crippen MR) is 160 cm³/mol. The van der Waals surface area contributed by atoms with Crippen molar-refractivity contribution in [2.24, 2.45) is 5.92 Å². The average molecular weight is 534 g/mol. The van der Waals surface area contributed by atoms with E-state index in [9.17, 15) is 9.59 Å². The summed E-state index contributed by atoms with van der Waals surface area (Å²) >= 11 is 1.64. The lowest BCUT2D eigenvalue weighted by Crippen LogP contribution is -2.45. The van der Waals surface area contributed by atoms with Gasteiger partial charge in [-0.25, -0.2) is 4.79 Å². The van der Waals surface area contributed by atoms with Gasteiger partial charge in [-0.2, -0.15) is 0 Å². The number of thiophene rings is 1. The van der Waals surface area contributed by atoms with Crippen LogP contribution in [0.25, 0.3) is 0 Å². The summed E-state index contributed by atoms with van der Waals surface area (Å²) in [6, 6.07) is 20.1. The summed E-state index contributed by atoms with van der Waals surface area (Å²) < 4.78 is 0. The first-order valence-corrected chi connectivity index (χ1v) is 14.6. The van der Waals surface area contributed by atoms with Crippen molar-refractivity contribution in [1.82, 2.24) is 9.80 Å². The summed E-state index contributed by atoms with van der Waals surface area (Å²) in [7, 11) is 0. The van der Waals surface area contributed by atoms with Gasteiger partial charge in [0, 0.05) is 23.7 Å². The number of para-hydroxylation sites is 1. The van der Waals surface area contributed by atoms with Gasteiger partial charge >= 0.3 is 6.03 Å². The fourth-order valence-electron chi connectivity index (χ4n) is 4.50. The topological polar surface area (TPSA) is 52.7 Å². The van der Waals surface area contributed by atoms with Crippen LogP contribution in [0, 0.1) is 5.92 Å². The highest BCUT2D eigenvalue weighted by atomic mass is 32.1. The van der Waals surface area contributed by atoms with Gasteiger partial charge in [0.1, 0.15) is 6.54 Å². The first-order chi connectivity index (χ1) is 18.2. The van der Waals surface area contributed by atoms with Gasteiger partial charge in [-0.15, -0.1) is 11.3 Å². The third-order valence-corrected chi connectivity index (χ3v) is 7.80. The molecule has 1 N–H and O–H groups in total. The lowest BCUT2D eigenvalue weighted by atomic mass is 9.93.